The first kappa shape index (κ1) is 32.6. The third-order valence-electron chi connectivity index (χ3n) is 7.86. The minimum Gasteiger partial charge on any atom is -0.352 e. The standard InChI is InChI=1S/C34H42ClN3O4S/c1-25-19-26(2)21-31(20-25)38(43(3,41)42)18-10-17-33(39)37(24-28-13-9-14-29(35)22-28)32(23-27-11-5-4-6-12-27)34(40)36-30-15-7-8-16-30/h4-6,9,11-14,19-22,30,32H,7-8,10,15-18,23-24H2,1-3H3,(H,36,40)/t32-/m0/s1. The molecule has 0 saturated heterocycles. The predicted octanol–water partition coefficient (Wildman–Crippen LogP) is 6.20. The van der Waals surface area contributed by atoms with Crippen LogP contribution in [0.5, 0.6) is 0 Å². The Hall–Kier alpha value is -3.36. The topological polar surface area (TPSA) is 86.8 Å². The van der Waals surface area contributed by atoms with Gasteiger partial charge < -0.3 is 10.2 Å². The first-order valence-electron chi connectivity index (χ1n) is 14.9. The molecule has 2 amide bonds. The molecule has 1 atom stereocenters. The van der Waals surface area contributed by atoms with Gasteiger partial charge in [-0.25, -0.2) is 8.42 Å². The summed E-state index contributed by atoms with van der Waals surface area (Å²) < 4.78 is 26.9. The van der Waals surface area contributed by atoms with Crippen molar-refractivity contribution in [2.24, 2.45) is 0 Å². The van der Waals surface area contributed by atoms with Gasteiger partial charge in [0.1, 0.15) is 6.04 Å². The van der Waals surface area contributed by atoms with Gasteiger partial charge in [-0.3, -0.25) is 13.9 Å². The van der Waals surface area contributed by atoms with Crippen molar-refractivity contribution in [3.63, 3.8) is 0 Å². The summed E-state index contributed by atoms with van der Waals surface area (Å²) in [6.45, 7) is 4.22. The van der Waals surface area contributed by atoms with Crippen LogP contribution in [0.3, 0.4) is 0 Å². The Bertz CT molecular complexity index is 1490. The number of carbonyl (C=O) groups excluding carboxylic acids is 2. The summed E-state index contributed by atoms with van der Waals surface area (Å²) in [5.74, 6) is -0.379. The van der Waals surface area contributed by atoms with E-state index >= 15 is 0 Å². The fourth-order valence-corrected chi connectivity index (χ4v) is 7.01. The van der Waals surface area contributed by atoms with Crippen LogP contribution in [0.2, 0.25) is 5.02 Å². The molecule has 43 heavy (non-hydrogen) atoms. The summed E-state index contributed by atoms with van der Waals surface area (Å²) >= 11 is 6.29. The summed E-state index contributed by atoms with van der Waals surface area (Å²) in [5.41, 5.74) is 4.28. The Kier molecular flexibility index (Phi) is 11.3. The lowest BCUT2D eigenvalue weighted by molar-refractivity contribution is -0.141. The number of carbonyl (C=O) groups is 2. The van der Waals surface area contributed by atoms with Crippen LogP contribution in [0.1, 0.15) is 60.8 Å². The van der Waals surface area contributed by atoms with Crippen LogP contribution in [0.15, 0.2) is 72.8 Å². The molecule has 1 aliphatic carbocycles. The molecule has 0 spiro atoms. The highest BCUT2D eigenvalue weighted by Gasteiger charge is 2.32. The second-order valence-corrected chi connectivity index (χ2v) is 14.0. The summed E-state index contributed by atoms with van der Waals surface area (Å²) in [6.07, 6.45) is 5.96. The van der Waals surface area contributed by atoms with Gasteiger partial charge in [-0.1, -0.05) is 73.0 Å². The Labute approximate surface area is 261 Å². The van der Waals surface area contributed by atoms with Crippen molar-refractivity contribution in [1.29, 1.82) is 0 Å². The summed E-state index contributed by atoms with van der Waals surface area (Å²) in [7, 11) is -3.58. The largest absolute Gasteiger partial charge is 0.352 e. The molecule has 9 heteroatoms. The molecular formula is C34H42ClN3O4S. The lowest BCUT2D eigenvalue weighted by Crippen LogP contribution is -2.52. The van der Waals surface area contributed by atoms with Crippen molar-refractivity contribution in [2.75, 3.05) is 17.1 Å². The monoisotopic (exact) mass is 623 g/mol. The molecule has 0 radical (unpaired) electrons. The van der Waals surface area contributed by atoms with Gasteiger partial charge in [-0.05, 0) is 79.6 Å². The molecule has 1 fully saturated rings. The molecule has 0 heterocycles. The number of sulfonamides is 1. The van der Waals surface area contributed by atoms with Gasteiger partial charge >= 0.3 is 0 Å². The molecule has 0 bridgehead atoms. The summed E-state index contributed by atoms with van der Waals surface area (Å²) in [5, 5.41) is 3.76. The van der Waals surface area contributed by atoms with Crippen LogP contribution in [-0.4, -0.2) is 50.0 Å². The van der Waals surface area contributed by atoms with E-state index in [2.05, 4.69) is 5.32 Å². The fourth-order valence-electron chi connectivity index (χ4n) is 5.85. The minimum absolute atomic E-state index is 0.0827. The van der Waals surface area contributed by atoms with Crippen molar-refractivity contribution in [3.8, 4) is 0 Å². The van der Waals surface area contributed by atoms with E-state index in [-0.39, 0.29) is 37.4 Å². The second kappa shape index (κ2) is 14.9. The average Bonchev–Trinajstić information content (AvgIpc) is 3.45. The maximum atomic E-state index is 14.0. The van der Waals surface area contributed by atoms with Crippen LogP contribution in [0.4, 0.5) is 5.69 Å². The van der Waals surface area contributed by atoms with Crippen molar-refractivity contribution in [2.45, 2.75) is 77.4 Å². The number of aryl methyl sites for hydroxylation is 2. The van der Waals surface area contributed by atoms with Gasteiger partial charge in [0.15, 0.2) is 0 Å². The van der Waals surface area contributed by atoms with Crippen LogP contribution in [0, 0.1) is 13.8 Å². The van der Waals surface area contributed by atoms with Gasteiger partial charge in [0, 0.05) is 37.0 Å². The predicted molar refractivity (Wildman–Crippen MR) is 174 cm³/mol. The first-order chi connectivity index (χ1) is 20.5. The SMILES string of the molecule is Cc1cc(C)cc(N(CCCC(=O)N(Cc2cccc(Cl)c2)[C@@H](Cc2ccccc2)C(=O)NC2CCCC2)S(C)(=O)=O)c1. The highest BCUT2D eigenvalue weighted by atomic mass is 35.5. The molecule has 7 nitrogen and oxygen atoms in total. The molecule has 0 unspecified atom stereocenters. The van der Waals surface area contributed by atoms with E-state index in [0.717, 1.165) is 47.9 Å². The molecule has 3 aromatic carbocycles. The lowest BCUT2D eigenvalue weighted by atomic mass is 10.0. The molecule has 1 aliphatic rings. The van der Waals surface area contributed by atoms with E-state index in [1.807, 2.05) is 80.6 Å². The van der Waals surface area contributed by atoms with Gasteiger partial charge in [-0.15, -0.1) is 0 Å². The van der Waals surface area contributed by atoms with Crippen molar-refractivity contribution < 1.29 is 18.0 Å². The molecule has 1 saturated carbocycles. The molecule has 1 N–H and O–H groups in total. The summed E-state index contributed by atoms with van der Waals surface area (Å²) in [6, 6.07) is 22.1. The van der Waals surface area contributed by atoms with E-state index in [9.17, 15) is 18.0 Å². The smallest absolute Gasteiger partial charge is 0.243 e. The molecule has 230 valence electrons. The van der Waals surface area contributed by atoms with Gasteiger partial charge in [0.05, 0.1) is 11.9 Å². The molecule has 4 rings (SSSR count). The van der Waals surface area contributed by atoms with Gasteiger partial charge in [-0.2, -0.15) is 0 Å². The van der Waals surface area contributed by atoms with E-state index < -0.39 is 16.1 Å². The Morgan fingerprint density at radius 2 is 1.58 bits per heavy atom. The first-order valence-corrected chi connectivity index (χ1v) is 17.2. The van der Waals surface area contributed by atoms with Crippen LogP contribution in [0.25, 0.3) is 0 Å². The van der Waals surface area contributed by atoms with E-state index in [1.54, 1.807) is 11.0 Å². The zero-order valence-corrected chi connectivity index (χ0v) is 26.8. The zero-order valence-electron chi connectivity index (χ0n) is 25.3. The maximum absolute atomic E-state index is 14.0. The average molecular weight is 624 g/mol. The maximum Gasteiger partial charge on any atom is 0.243 e. The fraction of sp³-hybridized carbons (Fsp3) is 0.412. The number of halogens is 1. The number of nitrogens with zero attached hydrogens (tertiary/aromatic N) is 2. The number of hydrogen-bond acceptors (Lipinski definition) is 4. The lowest BCUT2D eigenvalue weighted by Gasteiger charge is -2.33. The van der Waals surface area contributed by atoms with Crippen LogP contribution in [-0.2, 0) is 32.6 Å². The second-order valence-electron chi connectivity index (χ2n) is 11.6. The van der Waals surface area contributed by atoms with E-state index in [0.29, 0.717) is 23.6 Å². The molecule has 0 aliphatic heterocycles. The Balaban J connectivity index is 1.59. The van der Waals surface area contributed by atoms with Crippen LogP contribution < -0.4 is 9.62 Å². The third kappa shape index (κ3) is 9.57. The quantitative estimate of drug-likeness (QED) is 0.246. The van der Waals surface area contributed by atoms with Crippen molar-refractivity contribution in [3.05, 3.63) is 100 Å². The normalized spacial score (nSPS) is 14.3. The number of hydrogen-bond donors (Lipinski definition) is 1. The van der Waals surface area contributed by atoms with Crippen molar-refractivity contribution >= 4 is 39.1 Å². The van der Waals surface area contributed by atoms with Gasteiger partial charge in [0.2, 0.25) is 21.8 Å². The molecule has 0 aromatic heterocycles. The molecule has 3 aromatic rings. The van der Waals surface area contributed by atoms with E-state index in [4.69, 9.17) is 11.6 Å². The Morgan fingerprint density at radius 1 is 0.930 bits per heavy atom. The number of rotatable bonds is 13. The molecular weight excluding hydrogens is 582 g/mol. The highest BCUT2D eigenvalue weighted by Crippen LogP contribution is 2.24. The van der Waals surface area contributed by atoms with E-state index in [1.165, 1.54) is 10.6 Å². The minimum atomic E-state index is -3.58. The zero-order chi connectivity index (χ0) is 31.0. The number of anilines is 1. The summed E-state index contributed by atoms with van der Waals surface area (Å²) in [4.78, 5) is 29.5. The van der Waals surface area contributed by atoms with Crippen LogP contribution >= 0.6 is 11.6 Å². The number of nitrogens with one attached hydrogen (secondary N) is 1. The number of benzene rings is 3. The van der Waals surface area contributed by atoms with Crippen molar-refractivity contribution in [1.82, 2.24) is 10.2 Å². The van der Waals surface area contributed by atoms with Gasteiger partial charge in [0.25, 0.3) is 0 Å². The number of amides is 2. The highest BCUT2D eigenvalue weighted by molar-refractivity contribution is 7.92. The Morgan fingerprint density at radius 3 is 2.21 bits per heavy atom. The third-order valence-corrected chi connectivity index (χ3v) is 9.29.